The summed E-state index contributed by atoms with van der Waals surface area (Å²) in [7, 11) is 0. The number of aromatic nitrogens is 2. The van der Waals surface area contributed by atoms with Crippen LogP contribution in [0.5, 0.6) is 0 Å². The second kappa shape index (κ2) is 6.18. The lowest BCUT2D eigenvalue weighted by atomic mass is 10.2. The Morgan fingerprint density at radius 3 is 2.53 bits per heavy atom. The Morgan fingerprint density at radius 2 is 1.89 bits per heavy atom. The van der Waals surface area contributed by atoms with E-state index in [0.717, 1.165) is 36.6 Å². The van der Waals surface area contributed by atoms with Crippen molar-refractivity contribution in [1.82, 2.24) is 9.97 Å². The molecule has 0 saturated heterocycles. The Hall–Kier alpha value is -2.10. The second-order valence-electron chi connectivity index (χ2n) is 4.57. The molecule has 0 unspecified atom stereocenters. The number of anilines is 3. The van der Waals surface area contributed by atoms with Crippen LogP contribution in [0.25, 0.3) is 0 Å². The maximum absolute atomic E-state index is 5.76. The number of aryl methyl sites for hydroxylation is 1. The van der Waals surface area contributed by atoms with Gasteiger partial charge in [0.15, 0.2) is 0 Å². The lowest BCUT2D eigenvalue weighted by molar-refractivity contribution is 0.778. The fourth-order valence-corrected chi connectivity index (χ4v) is 2.01. The Kier molecular flexibility index (Phi) is 4.34. The van der Waals surface area contributed by atoms with Crippen LogP contribution >= 0.6 is 0 Å². The highest BCUT2D eigenvalue weighted by molar-refractivity contribution is 5.60. The SMILES string of the molecule is CCCCN(c1ccccc1)c1cc(C)nc(N)n1. The van der Waals surface area contributed by atoms with E-state index in [-0.39, 0.29) is 0 Å². The number of para-hydroxylation sites is 1. The topological polar surface area (TPSA) is 55.0 Å². The first-order valence-electron chi connectivity index (χ1n) is 6.64. The fraction of sp³-hybridized carbons (Fsp3) is 0.333. The molecule has 2 aromatic rings. The Bertz CT molecular complexity index is 505. The van der Waals surface area contributed by atoms with Crippen LogP contribution in [0.3, 0.4) is 0 Å². The first-order valence-corrected chi connectivity index (χ1v) is 6.64. The molecular formula is C15H20N4. The van der Waals surface area contributed by atoms with Crippen molar-refractivity contribution in [2.24, 2.45) is 0 Å². The lowest BCUT2D eigenvalue weighted by Crippen LogP contribution is -2.20. The Labute approximate surface area is 114 Å². The van der Waals surface area contributed by atoms with Crippen LogP contribution in [0.2, 0.25) is 0 Å². The highest BCUT2D eigenvalue weighted by Gasteiger charge is 2.11. The molecule has 0 aliphatic heterocycles. The average Bonchev–Trinajstić information content (AvgIpc) is 2.39. The molecule has 0 atom stereocenters. The average molecular weight is 256 g/mol. The molecule has 4 nitrogen and oxygen atoms in total. The molecule has 0 aliphatic carbocycles. The van der Waals surface area contributed by atoms with Crippen molar-refractivity contribution in [2.45, 2.75) is 26.7 Å². The molecule has 0 saturated carbocycles. The number of benzene rings is 1. The van der Waals surface area contributed by atoms with E-state index in [2.05, 4.69) is 33.9 Å². The van der Waals surface area contributed by atoms with Gasteiger partial charge in [-0.15, -0.1) is 0 Å². The van der Waals surface area contributed by atoms with Gasteiger partial charge < -0.3 is 10.6 Å². The summed E-state index contributed by atoms with van der Waals surface area (Å²) in [6.07, 6.45) is 2.25. The standard InChI is InChI=1S/C15H20N4/c1-3-4-10-19(13-8-6-5-7-9-13)14-11-12(2)17-15(16)18-14/h5-9,11H,3-4,10H2,1-2H3,(H2,16,17,18). The lowest BCUT2D eigenvalue weighted by Gasteiger charge is -2.24. The minimum absolute atomic E-state index is 0.326. The molecule has 0 radical (unpaired) electrons. The molecule has 1 heterocycles. The van der Waals surface area contributed by atoms with Gasteiger partial charge in [-0.2, -0.15) is 4.98 Å². The van der Waals surface area contributed by atoms with Crippen molar-refractivity contribution in [3.05, 3.63) is 42.1 Å². The summed E-state index contributed by atoms with van der Waals surface area (Å²) in [6, 6.07) is 12.2. The summed E-state index contributed by atoms with van der Waals surface area (Å²) in [5.74, 6) is 1.19. The van der Waals surface area contributed by atoms with Gasteiger partial charge in [0.25, 0.3) is 0 Å². The molecule has 0 aliphatic rings. The zero-order valence-corrected chi connectivity index (χ0v) is 11.5. The Morgan fingerprint density at radius 1 is 1.16 bits per heavy atom. The monoisotopic (exact) mass is 256 g/mol. The van der Waals surface area contributed by atoms with Gasteiger partial charge in [-0.1, -0.05) is 31.5 Å². The van der Waals surface area contributed by atoms with Gasteiger partial charge in [-0.3, -0.25) is 0 Å². The highest BCUT2D eigenvalue weighted by Crippen LogP contribution is 2.24. The number of hydrogen-bond donors (Lipinski definition) is 1. The predicted molar refractivity (Wildman–Crippen MR) is 79.5 cm³/mol. The quantitative estimate of drug-likeness (QED) is 0.891. The largest absolute Gasteiger partial charge is 0.368 e. The van der Waals surface area contributed by atoms with Crippen molar-refractivity contribution in [3.8, 4) is 0 Å². The maximum atomic E-state index is 5.76. The van der Waals surface area contributed by atoms with E-state index >= 15 is 0 Å². The summed E-state index contributed by atoms with van der Waals surface area (Å²) in [6.45, 7) is 5.05. The van der Waals surface area contributed by atoms with Gasteiger partial charge in [0.05, 0.1) is 0 Å². The number of nitrogens with two attached hydrogens (primary N) is 1. The molecule has 100 valence electrons. The number of nitrogens with zero attached hydrogens (tertiary/aromatic N) is 3. The summed E-state index contributed by atoms with van der Waals surface area (Å²) in [4.78, 5) is 10.7. The van der Waals surface area contributed by atoms with Gasteiger partial charge in [0.1, 0.15) is 5.82 Å². The van der Waals surface area contributed by atoms with Gasteiger partial charge >= 0.3 is 0 Å². The third-order valence-corrected chi connectivity index (χ3v) is 2.94. The van der Waals surface area contributed by atoms with Crippen LogP contribution in [0.4, 0.5) is 17.5 Å². The van der Waals surface area contributed by atoms with Gasteiger partial charge in [0.2, 0.25) is 5.95 Å². The number of unbranched alkanes of at least 4 members (excludes halogenated alkanes) is 1. The van der Waals surface area contributed by atoms with Crippen LogP contribution < -0.4 is 10.6 Å². The van der Waals surface area contributed by atoms with Crippen molar-refractivity contribution in [1.29, 1.82) is 0 Å². The number of rotatable bonds is 5. The third kappa shape index (κ3) is 3.44. The van der Waals surface area contributed by atoms with Crippen LogP contribution in [0.15, 0.2) is 36.4 Å². The van der Waals surface area contributed by atoms with E-state index in [4.69, 9.17) is 5.73 Å². The zero-order valence-electron chi connectivity index (χ0n) is 11.5. The Balaban J connectivity index is 2.36. The van der Waals surface area contributed by atoms with Crippen molar-refractivity contribution >= 4 is 17.5 Å². The highest BCUT2D eigenvalue weighted by atomic mass is 15.2. The molecular weight excluding hydrogens is 236 g/mol. The van der Waals surface area contributed by atoms with E-state index in [0.29, 0.717) is 5.95 Å². The summed E-state index contributed by atoms with van der Waals surface area (Å²) >= 11 is 0. The molecule has 4 heteroatoms. The van der Waals surface area contributed by atoms with Crippen LogP contribution in [0, 0.1) is 6.92 Å². The summed E-state index contributed by atoms with van der Waals surface area (Å²) in [5, 5.41) is 0. The molecule has 0 bridgehead atoms. The van der Waals surface area contributed by atoms with E-state index in [1.807, 2.05) is 31.2 Å². The minimum Gasteiger partial charge on any atom is -0.368 e. The van der Waals surface area contributed by atoms with Crippen molar-refractivity contribution < 1.29 is 0 Å². The second-order valence-corrected chi connectivity index (χ2v) is 4.57. The molecule has 19 heavy (non-hydrogen) atoms. The zero-order chi connectivity index (χ0) is 13.7. The van der Waals surface area contributed by atoms with E-state index in [1.165, 1.54) is 0 Å². The fourth-order valence-electron chi connectivity index (χ4n) is 2.01. The van der Waals surface area contributed by atoms with E-state index in [1.54, 1.807) is 0 Å². The predicted octanol–water partition coefficient (Wildman–Crippen LogP) is 3.31. The maximum Gasteiger partial charge on any atom is 0.222 e. The first kappa shape index (κ1) is 13.3. The van der Waals surface area contributed by atoms with Gasteiger partial charge in [0, 0.05) is 24.0 Å². The normalized spacial score (nSPS) is 10.4. The molecule has 1 aromatic heterocycles. The van der Waals surface area contributed by atoms with Crippen molar-refractivity contribution in [2.75, 3.05) is 17.2 Å². The molecule has 0 amide bonds. The summed E-state index contributed by atoms with van der Waals surface area (Å²) < 4.78 is 0. The summed E-state index contributed by atoms with van der Waals surface area (Å²) in [5.41, 5.74) is 7.78. The minimum atomic E-state index is 0.326. The van der Waals surface area contributed by atoms with E-state index < -0.39 is 0 Å². The van der Waals surface area contributed by atoms with Gasteiger partial charge in [-0.25, -0.2) is 4.98 Å². The smallest absolute Gasteiger partial charge is 0.222 e. The molecule has 2 N–H and O–H groups in total. The molecule has 1 aromatic carbocycles. The van der Waals surface area contributed by atoms with Crippen LogP contribution in [-0.2, 0) is 0 Å². The third-order valence-electron chi connectivity index (χ3n) is 2.94. The first-order chi connectivity index (χ1) is 9.20. The molecule has 0 spiro atoms. The van der Waals surface area contributed by atoms with Crippen molar-refractivity contribution in [3.63, 3.8) is 0 Å². The van der Waals surface area contributed by atoms with Crippen LogP contribution in [-0.4, -0.2) is 16.5 Å². The number of nitrogen functional groups attached to an aromatic ring is 1. The van der Waals surface area contributed by atoms with E-state index in [9.17, 15) is 0 Å². The molecule has 0 fully saturated rings. The van der Waals surface area contributed by atoms with Gasteiger partial charge in [-0.05, 0) is 25.5 Å². The van der Waals surface area contributed by atoms with Crippen LogP contribution in [0.1, 0.15) is 25.5 Å². The molecule has 2 rings (SSSR count). The number of hydrogen-bond acceptors (Lipinski definition) is 4.